The van der Waals surface area contributed by atoms with Gasteiger partial charge in [0.1, 0.15) is 11.5 Å². The van der Waals surface area contributed by atoms with Crippen molar-refractivity contribution in [2.45, 2.75) is 19.3 Å². The largest absolute Gasteiger partial charge is 0.497 e. The predicted octanol–water partition coefficient (Wildman–Crippen LogP) is 4.73. The third-order valence-corrected chi connectivity index (χ3v) is 6.51. The number of hydrogen-bond donors (Lipinski definition) is 1. The number of thiazole rings is 1. The first-order valence-corrected chi connectivity index (χ1v) is 11.2. The van der Waals surface area contributed by atoms with Crippen molar-refractivity contribution < 1.29 is 19.1 Å². The third kappa shape index (κ3) is 4.21. The number of aromatic nitrogens is 1. The molecule has 1 N–H and O–H groups in total. The standard InChI is InChI=1S/C25H25N3O4S/c1-25(2)18-13-15(6-9-20(18)28(3)23(25)30)19-14-33-24(26-19)27-22(29)11-7-16-12-17(31-4)8-10-21(16)32-5/h6-14H,1-5H3,(H,26,27,29)/b11-7+. The monoisotopic (exact) mass is 463 g/mol. The van der Waals surface area contributed by atoms with Gasteiger partial charge in [0.15, 0.2) is 5.13 Å². The van der Waals surface area contributed by atoms with E-state index in [-0.39, 0.29) is 11.8 Å². The molecule has 2 aromatic carbocycles. The van der Waals surface area contributed by atoms with Crippen molar-refractivity contribution in [2.75, 3.05) is 31.5 Å². The van der Waals surface area contributed by atoms with Crippen molar-refractivity contribution in [3.05, 3.63) is 59.0 Å². The summed E-state index contributed by atoms with van der Waals surface area (Å²) < 4.78 is 10.6. The van der Waals surface area contributed by atoms with Gasteiger partial charge in [0.25, 0.3) is 0 Å². The lowest BCUT2D eigenvalue weighted by molar-refractivity contribution is -0.121. The molecule has 3 aromatic rings. The first-order valence-electron chi connectivity index (χ1n) is 10.3. The molecule has 2 amide bonds. The Bertz CT molecular complexity index is 1260. The number of fused-ring (bicyclic) bond motifs is 1. The number of anilines is 2. The Kier molecular flexibility index (Phi) is 5.95. The Morgan fingerprint density at radius 2 is 1.94 bits per heavy atom. The van der Waals surface area contributed by atoms with Crippen molar-refractivity contribution in [3.8, 4) is 22.8 Å². The lowest BCUT2D eigenvalue weighted by atomic mass is 9.85. The highest BCUT2D eigenvalue weighted by Crippen LogP contribution is 2.42. The molecule has 1 aromatic heterocycles. The number of likely N-dealkylation sites (N-methyl/N-ethyl adjacent to an activating group) is 1. The van der Waals surface area contributed by atoms with E-state index in [2.05, 4.69) is 10.3 Å². The highest BCUT2D eigenvalue weighted by atomic mass is 32.1. The number of nitrogens with zero attached hydrogens (tertiary/aromatic N) is 2. The molecule has 0 unspecified atom stereocenters. The summed E-state index contributed by atoms with van der Waals surface area (Å²) in [5.74, 6) is 1.08. The number of carbonyl (C=O) groups excluding carboxylic acids is 2. The number of rotatable bonds is 6. The number of ether oxygens (including phenoxy) is 2. The minimum atomic E-state index is -0.584. The second-order valence-electron chi connectivity index (χ2n) is 8.19. The fourth-order valence-electron chi connectivity index (χ4n) is 3.88. The van der Waals surface area contributed by atoms with E-state index in [4.69, 9.17) is 9.47 Å². The molecule has 0 fully saturated rings. The molecule has 4 rings (SSSR count). The number of hydrogen-bond acceptors (Lipinski definition) is 6. The molecule has 0 saturated heterocycles. The lowest BCUT2D eigenvalue weighted by Gasteiger charge is -2.16. The summed E-state index contributed by atoms with van der Waals surface area (Å²) in [5, 5.41) is 5.18. The molecule has 1 aliphatic rings. The van der Waals surface area contributed by atoms with E-state index < -0.39 is 5.41 Å². The molecule has 0 saturated carbocycles. The third-order valence-electron chi connectivity index (χ3n) is 5.75. The molecule has 8 heteroatoms. The normalized spacial score (nSPS) is 14.5. The summed E-state index contributed by atoms with van der Waals surface area (Å²) in [5.41, 5.74) is 3.68. The fourth-order valence-corrected chi connectivity index (χ4v) is 4.60. The molecule has 1 aliphatic heterocycles. The van der Waals surface area contributed by atoms with Gasteiger partial charge in [0.05, 0.1) is 25.3 Å². The van der Waals surface area contributed by atoms with Gasteiger partial charge in [-0.25, -0.2) is 4.98 Å². The fraction of sp³-hybridized carbons (Fsp3) is 0.240. The van der Waals surface area contributed by atoms with Gasteiger partial charge in [-0.15, -0.1) is 11.3 Å². The van der Waals surface area contributed by atoms with E-state index in [1.165, 1.54) is 17.4 Å². The van der Waals surface area contributed by atoms with E-state index >= 15 is 0 Å². The number of nitrogens with one attached hydrogen (secondary N) is 1. The Morgan fingerprint density at radius 1 is 1.15 bits per heavy atom. The lowest BCUT2D eigenvalue weighted by Crippen LogP contribution is -2.33. The molecule has 0 atom stereocenters. The second-order valence-corrected chi connectivity index (χ2v) is 9.05. The van der Waals surface area contributed by atoms with Crippen LogP contribution in [-0.4, -0.2) is 38.1 Å². The summed E-state index contributed by atoms with van der Waals surface area (Å²) in [7, 11) is 4.95. The average molecular weight is 464 g/mol. The molecule has 170 valence electrons. The van der Waals surface area contributed by atoms with Crippen LogP contribution in [0, 0.1) is 0 Å². The summed E-state index contributed by atoms with van der Waals surface area (Å²) in [6.07, 6.45) is 3.10. The molecule has 7 nitrogen and oxygen atoms in total. The average Bonchev–Trinajstić information content (AvgIpc) is 3.35. The van der Waals surface area contributed by atoms with Crippen LogP contribution in [0.3, 0.4) is 0 Å². The summed E-state index contributed by atoms with van der Waals surface area (Å²) in [6.45, 7) is 3.86. The zero-order valence-corrected chi connectivity index (χ0v) is 19.9. The molecular formula is C25H25N3O4S. The first-order chi connectivity index (χ1) is 15.7. The number of methoxy groups -OCH3 is 2. The molecule has 33 heavy (non-hydrogen) atoms. The van der Waals surface area contributed by atoms with Crippen LogP contribution in [0.25, 0.3) is 17.3 Å². The van der Waals surface area contributed by atoms with Gasteiger partial charge in [0, 0.05) is 35.3 Å². The smallest absolute Gasteiger partial charge is 0.250 e. The van der Waals surface area contributed by atoms with E-state index in [1.807, 2.05) is 37.4 Å². The maximum Gasteiger partial charge on any atom is 0.250 e. The molecule has 0 spiro atoms. The minimum Gasteiger partial charge on any atom is -0.497 e. The highest BCUT2D eigenvalue weighted by molar-refractivity contribution is 7.14. The van der Waals surface area contributed by atoms with Crippen LogP contribution < -0.4 is 19.7 Å². The van der Waals surface area contributed by atoms with Crippen molar-refractivity contribution in [3.63, 3.8) is 0 Å². The molecular weight excluding hydrogens is 438 g/mol. The van der Waals surface area contributed by atoms with E-state index in [9.17, 15) is 9.59 Å². The highest BCUT2D eigenvalue weighted by Gasteiger charge is 2.42. The van der Waals surface area contributed by atoms with E-state index in [0.717, 1.165) is 28.1 Å². The van der Waals surface area contributed by atoms with Crippen LogP contribution in [0.15, 0.2) is 47.9 Å². The van der Waals surface area contributed by atoms with Gasteiger partial charge >= 0.3 is 0 Å². The quantitative estimate of drug-likeness (QED) is 0.535. The van der Waals surface area contributed by atoms with Crippen LogP contribution in [-0.2, 0) is 15.0 Å². The van der Waals surface area contributed by atoms with Crippen molar-refractivity contribution in [1.82, 2.24) is 4.98 Å². The Morgan fingerprint density at radius 3 is 2.67 bits per heavy atom. The predicted molar refractivity (Wildman–Crippen MR) is 131 cm³/mol. The number of amides is 2. The Hall–Kier alpha value is -3.65. The zero-order chi connectivity index (χ0) is 23.8. The minimum absolute atomic E-state index is 0.0698. The van der Waals surface area contributed by atoms with Gasteiger partial charge in [-0.05, 0) is 55.8 Å². The van der Waals surface area contributed by atoms with Crippen LogP contribution >= 0.6 is 11.3 Å². The molecule has 2 heterocycles. The maximum atomic E-state index is 12.5. The number of carbonyl (C=O) groups is 2. The molecule has 0 bridgehead atoms. The van der Waals surface area contributed by atoms with Crippen LogP contribution in [0.1, 0.15) is 25.0 Å². The topological polar surface area (TPSA) is 80.8 Å². The van der Waals surface area contributed by atoms with Gasteiger partial charge in [-0.2, -0.15) is 0 Å². The van der Waals surface area contributed by atoms with Crippen molar-refractivity contribution >= 4 is 40.0 Å². The Labute approximate surface area is 196 Å². The van der Waals surface area contributed by atoms with Gasteiger partial charge in [-0.3, -0.25) is 14.9 Å². The zero-order valence-electron chi connectivity index (χ0n) is 19.1. The maximum absolute atomic E-state index is 12.5. The first kappa shape index (κ1) is 22.5. The summed E-state index contributed by atoms with van der Waals surface area (Å²) in [4.78, 5) is 31.2. The van der Waals surface area contributed by atoms with Gasteiger partial charge < -0.3 is 14.4 Å². The van der Waals surface area contributed by atoms with Crippen LogP contribution in [0.2, 0.25) is 0 Å². The van der Waals surface area contributed by atoms with Crippen molar-refractivity contribution in [1.29, 1.82) is 0 Å². The summed E-state index contributed by atoms with van der Waals surface area (Å²) in [6, 6.07) is 11.3. The SMILES string of the molecule is COc1ccc(OC)c(/C=C/C(=O)Nc2nc(-c3ccc4c(c3)C(C)(C)C(=O)N4C)cs2)c1. The van der Waals surface area contributed by atoms with Gasteiger partial charge in [0.2, 0.25) is 11.8 Å². The van der Waals surface area contributed by atoms with Crippen molar-refractivity contribution in [2.24, 2.45) is 0 Å². The van der Waals surface area contributed by atoms with Gasteiger partial charge in [-0.1, -0.05) is 6.07 Å². The second kappa shape index (κ2) is 8.71. The molecule has 0 radical (unpaired) electrons. The summed E-state index contributed by atoms with van der Waals surface area (Å²) >= 11 is 1.34. The van der Waals surface area contributed by atoms with E-state index in [1.54, 1.807) is 50.4 Å². The van der Waals surface area contributed by atoms with Crippen LogP contribution in [0.5, 0.6) is 11.5 Å². The Balaban J connectivity index is 1.50. The van der Waals surface area contributed by atoms with E-state index in [0.29, 0.717) is 16.6 Å². The number of benzene rings is 2. The molecule has 0 aliphatic carbocycles. The van der Waals surface area contributed by atoms with Crippen LogP contribution in [0.4, 0.5) is 10.8 Å².